The lowest BCUT2D eigenvalue weighted by molar-refractivity contribution is -0.384. The molecule has 1 aliphatic rings. The molecule has 0 bridgehead atoms. The Balaban J connectivity index is 2.03. The molecule has 0 saturated carbocycles. The van der Waals surface area contributed by atoms with Gasteiger partial charge in [0.1, 0.15) is 5.69 Å². The molecule has 1 heterocycles. The van der Waals surface area contributed by atoms with Crippen molar-refractivity contribution in [3.63, 3.8) is 0 Å². The first-order valence-corrected chi connectivity index (χ1v) is 6.97. The number of hydrogen-bond acceptors (Lipinski definition) is 5. The van der Waals surface area contributed by atoms with Crippen LogP contribution < -0.4 is 10.6 Å². The minimum atomic E-state index is -0.411. The summed E-state index contributed by atoms with van der Waals surface area (Å²) < 4.78 is 0. The van der Waals surface area contributed by atoms with E-state index in [0.717, 1.165) is 19.4 Å². The van der Waals surface area contributed by atoms with Crippen LogP contribution in [0.3, 0.4) is 0 Å². The summed E-state index contributed by atoms with van der Waals surface area (Å²) in [7, 11) is 4.03. The van der Waals surface area contributed by atoms with Gasteiger partial charge in [0.05, 0.1) is 11.3 Å². The van der Waals surface area contributed by atoms with E-state index in [9.17, 15) is 14.9 Å². The summed E-state index contributed by atoms with van der Waals surface area (Å²) in [5, 5.41) is 16.9. The Kier molecular flexibility index (Phi) is 4.74. The highest BCUT2D eigenvalue weighted by molar-refractivity contribution is 6.00. The Morgan fingerprint density at radius 3 is 2.81 bits per heavy atom. The summed E-state index contributed by atoms with van der Waals surface area (Å²) in [6, 6.07) is 3.14. The highest BCUT2D eigenvalue weighted by Gasteiger charge is 2.24. The van der Waals surface area contributed by atoms with E-state index in [1.807, 2.05) is 14.1 Å². The number of benzene rings is 1. The quantitative estimate of drug-likeness (QED) is 0.455. The second-order valence-electron chi connectivity index (χ2n) is 5.45. The molecule has 1 aromatic rings. The fourth-order valence-corrected chi connectivity index (χ4v) is 2.33. The first-order valence-electron chi connectivity index (χ1n) is 6.97. The van der Waals surface area contributed by atoms with Crippen LogP contribution in [0.1, 0.15) is 18.4 Å². The summed E-state index contributed by atoms with van der Waals surface area (Å²) in [6.07, 6.45) is 2.16. The third-order valence-electron chi connectivity index (χ3n) is 3.39. The van der Waals surface area contributed by atoms with E-state index < -0.39 is 4.92 Å². The molecule has 0 fully saturated rings. The fraction of sp³-hybridized carbons (Fsp3) is 0.500. The number of anilines is 2. The van der Waals surface area contributed by atoms with Crippen LogP contribution in [0, 0.1) is 10.1 Å². The second kappa shape index (κ2) is 6.53. The van der Waals surface area contributed by atoms with Crippen LogP contribution in [0.25, 0.3) is 0 Å². The van der Waals surface area contributed by atoms with Gasteiger partial charge in [0.2, 0.25) is 5.91 Å². The van der Waals surface area contributed by atoms with Crippen molar-refractivity contribution < 1.29 is 9.72 Å². The molecule has 1 aromatic carbocycles. The number of carbonyl (C=O) groups is 1. The van der Waals surface area contributed by atoms with Crippen molar-refractivity contribution in [3.8, 4) is 0 Å². The van der Waals surface area contributed by atoms with Gasteiger partial charge >= 0.3 is 0 Å². The summed E-state index contributed by atoms with van der Waals surface area (Å²) in [5.74, 6) is -0.123. The van der Waals surface area contributed by atoms with Crippen LogP contribution in [0.4, 0.5) is 17.1 Å². The molecule has 2 rings (SSSR count). The maximum absolute atomic E-state index is 11.3. The molecule has 1 aliphatic heterocycles. The molecule has 2 N–H and O–H groups in total. The molecular formula is C14H20N4O3. The van der Waals surface area contributed by atoms with E-state index in [1.165, 1.54) is 6.07 Å². The molecule has 7 heteroatoms. The Hall–Kier alpha value is -2.15. The van der Waals surface area contributed by atoms with Gasteiger partial charge < -0.3 is 15.5 Å². The van der Waals surface area contributed by atoms with Crippen molar-refractivity contribution in [2.75, 3.05) is 37.8 Å². The molecule has 0 saturated heterocycles. The van der Waals surface area contributed by atoms with Crippen molar-refractivity contribution in [3.05, 3.63) is 27.8 Å². The first-order chi connectivity index (χ1) is 9.97. The molecule has 114 valence electrons. The highest BCUT2D eigenvalue weighted by Crippen LogP contribution is 2.34. The topological polar surface area (TPSA) is 87.5 Å². The maximum atomic E-state index is 11.3. The molecule has 0 spiro atoms. The predicted octanol–water partition coefficient (Wildman–Crippen LogP) is 1.84. The first kappa shape index (κ1) is 15.2. The number of unbranched alkanes of at least 4 members (excludes halogenated alkanes) is 1. The number of nitro groups is 1. The Morgan fingerprint density at radius 1 is 1.38 bits per heavy atom. The van der Waals surface area contributed by atoms with Gasteiger partial charge in [-0.15, -0.1) is 0 Å². The van der Waals surface area contributed by atoms with E-state index in [1.54, 1.807) is 6.07 Å². The van der Waals surface area contributed by atoms with E-state index in [-0.39, 0.29) is 18.0 Å². The van der Waals surface area contributed by atoms with E-state index >= 15 is 0 Å². The second-order valence-corrected chi connectivity index (χ2v) is 5.45. The van der Waals surface area contributed by atoms with Crippen LogP contribution in [0.2, 0.25) is 0 Å². The molecule has 0 atom stereocenters. The smallest absolute Gasteiger partial charge is 0.292 e. The number of nitrogens with one attached hydrogen (secondary N) is 2. The van der Waals surface area contributed by atoms with Crippen LogP contribution >= 0.6 is 0 Å². The van der Waals surface area contributed by atoms with Gasteiger partial charge in [-0.25, -0.2) is 0 Å². The van der Waals surface area contributed by atoms with Crippen molar-refractivity contribution in [2.24, 2.45) is 0 Å². The normalized spacial score (nSPS) is 13.2. The van der Waals surface area contributed by atoms with Gasteiger partial charge in [-0.3, -0.25) is 14.9 Å². The van der Waals surface area contributed by atoms with Crippen LogP contribution in [-0.4, -0.2) is 42.9 Å². The monoisotopic (exact) mass is 292 g/mol. The van der Waals surface area contributed by atoms with Gasteiger partial charge in [-0.05, 0) is 45.1 Å². The van der Waals surface area contributed by atoms with Gasteiger partial charge in [-0.2, -0.15) is 0 Å². The molecular weight excluding hydrogens is 272 g/mol. The Bertz CT molecular complexity index is 557. The van der Waals surface area contributed by atoms with Crippen LogP contribution in [0.5, 0.6) is 0 Å². The number of nitro benzene ring substituents is 1. The Morgan fingerprint density at radius 2 is 2.14 bits per heavy atom. The molecule has 0 unspecified atom stereocenters. The molecule has 21 heavy (non-hydrogen) atoms. The van der Waals surface area contributed by atoms with Gasteiger partial charge in [0, 0.05) is 18.3 Å². The van der Waals surface area contributed by atoms with Gasteiger partial charge in [0.15, 0.2) is 0 Å². The van der Waals surface area contributed by atoms with Gasteiger partial charge in [-0.1, -0.05) is 0 Å². The zero-order chi connectivity index (χ0) is 15.4. The van der Waals surface area contributed by atoms with Crippen LogP contribution in [0.15, 0.2) is 12.1 Å². The number of fused-ring (bicyclic) bond motifs is 1. The van der Waals surface area contributed by atoms with E-state index in [4.69, 9.17) is 0 Å². The zero-order valence-electron chi connectivity index (χ0n) is 12.3. The minimum absolute atomic E-state index is 0.0258. The largest absolute Gasteiger partial charge is 0.379 e. The number of hydrogen-bond donors (Lipinski definition) is 2. The predicted molar refractivity (Wildman–Crippen MR) is 81.7 cm³/mol. The van der Waals surface area contributed by atoms with E-state index in [0.29, 0.717) is 23.5 Å². The van der Waals surface area contributed by atoms with E-state index in [2.05, 4.69) is 15.5 Å². The average Bonchev–Trinajstić information content (AvgIpc) is 2.75. The Labute approximate surface area is 123 Å². The summed E-state index contributed by atoms with van der Waals surface area (Å²) in [5.41, 5.74) is 1.84. The summed E-state index contributed by atoms with van der Waals surface area (Å²) >= 11 is 0. The SMILES string of the molecule is CN(C)CCCCNc1cc2c(cc1[N+](=O)[O-])CC(=O)N2. The van der Waals surface area contributed by atoms with Gasteiger partial charge in [0.25, 0.3) is 5.69 Å². The maximum Gasteiger partial charge on any atom is 0.292 e. The molecule has 0 radical (unpaired) electrons. The molecule has 7 nitrogen and oxygen atoms in total. The lowest BCUT2D eigenvalue weighted by Crippen LogP contribution is -2.14. The number of rotatable bonds is 7. The van der Waals surface area contributed by atoms with Crippen LogP contribution in [-0.2, 0) is 11.2 Å². The fourth-order valence-electron chi connectivity index (χ4n) is 2.33. The van der Waals surface area contributed by atoms with Crippen molar-refractivity contribution in [1.82, 2.24) is 4.90 Å². The third-order valence-corrected chi connectivity index (χ3v) is 3.39. The molecule has 1 amide bonds. The summed E-state index contributed by atoms with van der Waals surface area (Å²) in [4.78, 5) is 24.2. The minimum Gasteiger partial charge on any atom is -0.379 e. The summed E-state index contributed by atoms with van der Waals surface area (Å²) in [6.45, 7) is 1.66. The van der Waals surface area contributed by atoms with Crippen molar-refractivity contribution >= 4 is 23.0 Å². The third kappa shape index (κ3) is 3.91. The highest BCUT2D eigenvalue weighted by atomic mass is 16.6. The molecule has 0 aliphatic carbocycles. The number of amides is 1. The molecule has 0 aromatic heterocycles. The lowest BCUT2D eigenvalue weighted by atomic mass is 10.1. The standard InChI is InChI=1S/C14H20N4O3/c1-17(2)6-4-3-5-15-12-9-11-10(8-14(19)16-11)7-13(12)18(20)21/h7,9,15H,3-6,8H2,1-2H3,(H,16,19). The number of carbonyl (C=O) groups excluding carboxylic acids is 1. The van der Waals surface area contributed by atoms with Crippen molar-refractivity contribution in [2.45, 2.75) is 19.3 Å². The zero-order valence-corrected chi connectivity index (χ0v) is 12.3. The average molecular weight is 292 g/mol. The van der Waals surface area contributed by atoms with Crippen molar-refractivity contribution in [1.29, 1.82) is 0 Å². The number of nitrogens with zero attached hydrogens (tertiary/aromatic N) is 2. The lowest BCUT2D eigenvalue weighted by Gasteiger charge is -2.11.